The van der Waals surface area contributed by atoms with Gasteiger partial charge >= 0.3 is 0 Å². The fourth-order valence-corrected chi connectivity index (χ4v) is 4.42. The average Bonchev–Trinajstić information content (AvgIpc) is 3.34. The number of para-hydroxylation sites is 3. The Morgan fingerprint density at radius 2 is 1.78 bits per heavy atom. The molecule has 9 nitrogen and oxygen atoms in total. The lowest BCUT2D eigenvalue weighted by atomic mass is 9.81. The molecule has 1 aliphatic heterocycles. The molecule has 1 aromatic heterocycles. The zero-order chi connectivity index (χ0) is 26.0. The summed E-state index contributed by atoms with van der Waals surface area (Å²) in [4.78, 5) is 13.2. The molecule has 0 saturated heterocycles. The molecule has 37 heavy (non-hydrogen) atoms. The normalized spacial score (nSPS) is 19.4. The van der Waals surface area contributed by atoms with E-state index in [1.54, 1.807) is 30.5 Å². The second kappa shape index (κ2) is 13.3. The van der Waals surface area contributed by atoms with Crippen molar-refractivity contribution in [3.63, 3.8) is 0 Å². The highest BCUT2D eigenvalue weighted by Gasteiger charge is 2.39. The standard InChI is InChI=1S/C28H33NO8/c1-2-35-28-20(11-13-33-15-16-34-14-12-30)21(22-18-36-25-10-6-3-7-19(22)25)17-26(37-28)27(32)29-23-8-4-5-9-24(23)31/h3-10,17-18,20-21,28,30-31H,2,11-16H2,1H3,(H,29,32)/t20-,21-,28+/m1/s1. The summed E-state index contributed by atoms with van der Waals surface area (Å²) < 4.78 is 28.9. The third kappa shape index (κ3) is 6.69. The summed E-state index contributed by atoms with van der Waals surface area (Å²) >= 11 is 0. The molecule has 3 N–H and O–H groups in total. The highest BCUT2D eigenvalue weighted by Crippen LogP contribution is 2.42. The largest absolute Gasteiger partial charge is 0.506 e. The molecule has 0 aliphatic carbocycles. The Labute approximate surface area is 215 Å². The van der Waals surface area contributed by atoms with Gasteiger partial charge in [-0.15, -0.1) is 0 Å². The van der Waals surface area contributed by atoms with Crippen molar-refractivity contribution in [1.82, 2.24) is 0 Å². The van der Waals surface area contributed by atoms with Crippen molar-refractivity contribution in [2.24, 2.45) is 5.92 Å². The summed E-state index contributed by atoms with van der Waals surface area (Å²) in [6.45, 7) is 3.74. The van der Waals surface area contributed by atoms with Gasteiger partial charge in [0.05, 0.1) is 38.4 Å². The number of ether oxygens (including phenoxy) is 4. The molecular formula is C28H33NO8. The van der Waals surface area contributed by atoms with Crippen LogP contribution in [0.4, 0.5) is 5.69 Å². The first-order valence-corrected chi connectivity index (χ1v) is 12.4. The van der Waals surface area contributed by atoms with Gasteiger partial charge in [0.15, 0.2) is 5.76 Å². The Balaban J connectivity index is 1.59. The van der Waals surface area contributed by atoms with Crippen LogP contribution in [-0.4, -0.2) is 62.1 Å². The molecule has 198 valence electrons. The van der Waals surface area contributed by atoms with Crippen LogP contribution >= 0.6 is 0 Å². The lowest BCUT2D eigenvalue weighted by Gasteiger charge is -2.36. The number of carbonyl (C=O) groups excluding carboxylic acids is 1. The van der Waals surface area contributed by atoms with E-state index < -0.39 is 12.2 Å². The number of amides is 1. The summed E-state index contributed by atoms with van der Waals surface area (Å²) in [6, 6.07) is 14.3. The first kappa shape index (κ1) is 26.7. The van der Waals surface area contributed by atoms with Crippen molar-refractivity contribution in [1.29, 1.82) is 0 Å². The number of rotatable bonds is 13. The minimum Gasteiger partial charge on any atom is -0.506 e. The molecule has 2 heterocycles. The van der Waals surface area contributed by atoms with Gasteiger partial charge in [-0.25, -0.2) is 0 Å². The predicted octanol–water partition coefficient (Wildman–Crippen LogP) is 4.17. The number of carbonyl (C=O) groups is 1. The van der Waals surface area contributed by atoms with Crippen molar-refractivity contribution in [2.45, 2.75) is 25.6 Å². The molecule has 0 unspecified atom stereocenters. The average molecular weight is 512 g/mol. The number of allylic oxidation sites excluding steroid dienone is 1. The van der Waals surface area contributed by atoms with Crippen molar-refractivity contribution in [3.8, 4) is 5.75 Å². The van der Waals surface area contributed by atoms with Crippen LogP contribution in [0.2, 0.25) is 0 Å². The van der Waals surface area contributed by atoms with Crippen molar-refractivity contribution >= 4 is 22.6 Å². The van der Waals surface area contributed by atoms with E-state index in [2.05, 4.69) is 5.32 Å². The number of aliphatic hydroxyl groups is 1. The summed E-state index contributed by atoms with van der Waals surface area (Å²) in [5.74, 6) is -0.843. The van der Waals surface area contributed by atoms with Crippen LogP contribution in [0.15, 0.2) is 71.0 Å². The highest BCUT2D eigenvalue weighted by atomic mass is 16.7. The minimum absolute atomic E-state index is 0.0259. The SMILES string of the molecule is CCO[C@H]1OC(C(=O)Nc2ccccc2O)=C[C@@H](c2coc3ccccc23)[C@H]1CCOCCOCCO. The number of hydrogen-bond acceptors (Lipinski definition) is 8. The van der Waals surface area contributed by atoms with Crippen LogP contribution in [-0.2, 0) is 23.7 Å². The number of phenols is 1. The molecular weight excluding hydrogens is 478 g/mol. The second-order valence-electron chi connectivity index (χ2n) is 8.56. The van der Waals surface area contributed by atoms with Gasteiger partial charge < -0.3 is 38.9 Å². The summed E-state index contributed by atoms with van der Waals surface area (Å²) in [6.07, 6.45) is 3.40. The number of furan rings is 1. The maximum absolute atomic E-state index is 13.2. The number of nitrogens with one attached hydrogen (secondary N) is 1. The number of aliphatic hydroxyl groups excluding tert-OH is 1. The number of phenolic OH excluding ortho intramolecular Hbond substituents is 1. The summed E-state index contributed by atoms with van der Waals surface area (Å²) in [5, 5.41) is 22.6. The second-order valence-corrected chi connectivity index (χ2v) is 8.56. The van der Waals surface area contributed by atoms with Crippen LogP contribution in [0.3, 0.4) is 0 Å². The van der Waals surface area contributed by atoms with E-state index in [4.69, 9.17) is 28.5 Å². The van der Waals surface area contributed by atoms with Gasteiger partial charge in [0.1, 0.15) is 11.3 Å². The third-order valence-electron chi connectivity index (χ3n) is 6.17. The van der Waals surface area contributed by atoms with E-state index >= 15 is 0 Å². The van der Waals surface area contributed by atoms with Crippen LogP contribution in [0, 0.1) is 5.92 Å². The monoisotopic (exact) mass is 511 g/mol. The molecule has 3 atom stereocenters. The van der Waals surface area contributed by atoms with E-state index in [0.717, 1.165) is 16.5 Å². The quantitative estimate of drug-likeness (QED) is 0.231. The summed E-state index contributed by atoms with van der Waals surface area (Å²) in [5.41, 5.74) is 1.96. The van der Waals surface area contributed by atoms with Gasteiger partial charge in [-0.05, 0) is 37.6 Å². The zero-order valence-corrected chi connectivity index (χ0v) is 20.8. The van der Waals surface area contributed by atoms with Gasteiger partial charge in [-0.1, -0.05) is 30.3 Å². The fourth-order valence-electron chi connectivity index (χ4n) is 4.42. The molecule has 0 fully saturated rings. The number of anilines is 1. The minimum atomic E-state index is -0.701. The first-order chi connectivity index (χ1) is 18.1. The maximum atomic E-state index is 13.2. The van der Waals surface area contributed by atoms with Gasteiger partial charge in [0, 0.05) is 36.0 Å². The molecule has 0 saturated carbocycles. The van der Waals surface area contributed by atoms with Crippen LogP contribution in [0.5, 0.6) is 5.75 Å². The molecule has 1 aliphatic rings. The lowest BCUT2D eigenvalue weighted by Crippen LogP contribution is -2.38. The fraction of sp³-hybridized carbons (Fsp3) is 0.393. The van der Waals surface area contributed by atoms with Gasteiger partial charge in [0.2, 0.25) is 6.29 Å². The van der Waals surface area contributed by atoms with Crippen LogP contribution in [0.1, 0.15) is 24.8 Å². The summed E-state index contributed by atoms with van der Waals surface area (Å²) in [7, 11) is 0. The van der Waals surface area contributed by atoms with E-state index in [9.17, 15) is 9.90 Å². The number of aromatic hydroxyl groups is 1. The Kier molecular flexibility index (Phi) is 9.56. The van der Waals surface area contributed by atoms with E-state index in [1.807, 2.05) is 31.2 Å². The third-order valence-corrected chi connectivity index (χ3v) is 6.17. The first-order valence-electron chi connectivity index (χ1n) is 12.4. The van der Waals surface area contributed by atoms with E-state index in [1.165, 1.54) is 6.07 Å². The molecule has 4 rings (SSSR count). The van der Waals surface area contributed by atoms with E-state index in [-0.39, 0.29) is 42.2 Å². The smallest absolute Gasteiger partial charge is 0.290 e. The Bertz CT molecular complexity index is 1190. The van der Waals surface area contributed by atoms with E-state index in [0.29, 0.717) is 32.8 Å². The molecule has 0 radical (unpaired) electrons. The molecule has 0 spiro atoms. The van der Waals surface area contributed by atoms with Gasteiger partial charge in [0.25, 0.3) is 5.91 Å². The van der Waals surface area contributed by atoms with Crippen LogP contribution < -0.4 is 5.32 Å². The highest BCUT2D eigenvalue weighted by molar-refractivity contribution is 6.03. The van der Waals surface area contributed by atoms with Gasteiger partial charge in [-0.2, -0.15) is 0 Å². The Morgan fingerprint density at radius 3 is 2.57 bits per heavy atom. The van der Waals surface area contributed by atoms with Crippen molar-refractivity contribution < 1.29 is 38.4 Å². The zero-order valence-electron chi connectivity index (χ0n) is 20.8. The Hall–Kier alpha value is -3.37. The Morgan fingerprint density at radius 1 is 1.03 bits per heavy atom. The van der Waals surface area contributed by atoms with Crippen molar-refractivity contribution in [2.75, 3.05) is 45.0 Å². The molecule has 3 aromatic rings. The van der Waals surface area contributed by atoms with Crippen LogP contribution in [0.25, 0.3) is 11.0 Å². The predicted molar refractivity (Wildman–Crippen MR) is 137 cm³/mol. The lowest BCUT2D eigenvalue weighted by molar-refractivity contribution is -0.166. The maximum Gasteiger partial charge on any atom is 0.290 e. The number of hydrogen-bond donors (Lipinski definition) is 3. The van der Waals surface area contributed by atoms with Gasteiger partial charge in [-0.3, -0.25) is 4.79 Å². The topological polar surface area (TPSA) is 120 Å². The molecule has 1 amide bonds. The molecule has 0 bridgehead atoms. The molecule has 9 heteroatoms. The molecule has 2 aromatic carbocycles. The number of fused-ring (bicyclic) bond motifs is 1. The van der Waals surface area contributed by atoms with Crippen molar-refractivity contribution in [3.05, 3.63) is 72.2 Å². The number of benzene rings is 2.